The maximum absolute atomic E-state index is 11.4. The minimum atomic E-state index is -2.00. The Bertz CT molecular complexity index is 156. The Hall–Kier alpha value is 0.190. The standard InChI is InChI=1S/C6H14NOP/c1-9(2,8)6(7)4-3-5-6/h3-5,7H2,1-2H3. The lowest BCUT2D eigenvalue weighted by Crippen LogP contribution is -2.45. The highest BCUT2D eigenvalue weighted by Crippen LogP contribution is 2.57. The maximum atomic E-state index is 11.4. The number of nitrogens with two attached hydrogens (primary N) is 1. The fourth-order valence-electron chi connectivity index (χ4n) is 1.08. The number of rotatable bonds is 1. The summed E-state index contributed by atoms with van der Waals surface area (Å²) in [6.45, 7) is 3.57. The van der Waals surface area contributed by atoms with E-state index in [1.54, 1.807) is 13.3 Å². The second-order valence-corrected chi connectivity index (χ2v) is 6.90. The van der Waals surface area contributed by atoms with Crippen molar-refractivity contribution < 1.29 is 4.57 Å². The van der Waals surface area contributed by atoms with Crippen LogP contribution >= 0.6 is 7.14 Å². The Morgan fingerprint density at radius 3 is 1.89 bits per heavy atom. The Morgan fingerprint density at radius 2 is 1.89 bits per heavy atom. The zero-order chi connectivity index (χ0) is 7.12. The first-order valence-corrected chi connectivity index (χ1v) is 5.90. The van der Waals surface area contributed by atoms with E-state index in [9.17, 15) is 4.57 Å². The van der Waals surface area contributed by atoms with Crippen molar-refractivity contribution >= 4 is 7.14 Å². The van der Waals surface area contributed by atoms with Gasteiger partial charge in [0.1, 0.15) is 7.14 Å². The molecule has 1 aliphatic carbocycles. The average molecular weight is 147 g/mol. The van der Waals surface area contributed by atoms with Crippen molar-refractivity contribution in [3.63, 3.8) is 0 Å². The van der Waals surface area contributed by atoms with Gasteiger partial charge in [-0.1, -0.05) is 0 Å². The predicted octanol–water partition coefficient (Wildman–Crippen LogP) is 1.45. The van der Waals surface area contributed by atoms with Crippen molar-refractivity contribution in [3.8, 4) is 0 Å². The molecule has 0 aliphatic heterocycles. The Kier molecular flexibility index (Phi) is 1.49. The van der Waals surface area contributed by atoms with E-state index in [1.165, 1.54) is 0 Å². The van der Waals surface area contributed by atoms with Gasteiger partial charge in [-0.2, -0.15) is 0 Å². The molecule has 3 heteroatoms. The third kappa shape index (κ3) is 1.06. The lowest BCUT2D eigenvalue weighted by molar-refractivity contribution is 0.348. The normalized spacial score (nSPS) is 25.2. The summed E-state index contributed by atoms with van der Waals surface area (Å²) in [4.78, 5) is 0. The molecule has 0 spiro atoms. The average Bonchev–Trinajstić information content (AvgIpc) is 1.57. The van der Waals surface area contributed by atoms with Gasteiger partial charge in [-0.3, -0.25) is 0 Å². The molecule has 1 saturated carbocycles. The molecule has 0 unspecified atom stereocenters. The molecular formula is C6H14NOP. The summed E-state index contributed by atoms with van der Waals surface area (Å²) in [6.07, 6.45) is 3.07. The van der Waals surface area contributed by atoms with Crippen LogP contribution in [0.25, 0.3) is 0 Å². The van der Waals surface area contributed by atoms with Crippen molar-refractivity contribution in [1.29, 1.82) is 0 Å². The van der Waals surface area contributed by atoms with Crippen LogP contribution in [0.3, 0.4) is 0 Å². The van der Waals surface area contributed by atoms with Gasteiger partial charge in [0.15, 0.2) is 0 Å². The number of hydrogen-bond acceptors (Lipinski definition) is 2. The van der Waals surface area contributed by atoms with Crippen LogP contribution in [-0.2, 0) is 4.57 Å². The van der Waals surface area contributed by atoms with E-state index in [1.807, 2.05) is 0 Å². The molecule has 0 aromatic rings. The molecule has 2 N–H and O–H groups in total. The molecule has 0 saturated heterocycles. The van der Waals surface area contributed by atoms with E-state index in [2.05, 4.69) is 0 Å². The van der Waals surface area contributed by atoms with Crippen molar-refractivity contribution in [2.45, 2.75) is 24.5 Å². The van der Waals surface area contributed by atoms with Gasteiger partial charge in [0.25, 0.3) is 0 Å². The smallest absolute Gasteiger partial charge is 0.101 e. The molecular weight excluding hydrogens is 133 g/mol. The van der Waals surface area contributed by atoms with E-state index in [0.29, 0.717) is 0 Å². The molecule has 9 heavy (non-hydrogen) atoms. The zero-order valence-corrected chi connectivity index (χ0v) is 6.95. The predicted molar refractivity (Wildman–Crippen MR) is 40.2 cm³/mol. The first-order chi connectivity index (χ1) is 3.96. The Labute approximate surface area is 56.2 Å². The first kappa shape index (κ1) is 7.30. The molecule has 54 valence electrons. The van der Waals surface area contributed by atoms with E-state index in [4.69, 9.17) is 5.73 Å². The summed E-state index contributed by atoms with van der Waals surface area (Å²) in [7, 11) is -2.00. The van der Waals surface area contributed by atoms with Gasteiger partial charge < -0.3 is 10.3 Å². The van der Waals surface area contributed by atoms with Crippen molar-refractivity contribution in [2.24, 2.45) is 5.73 Å². The lowest BCUT2D eigenvalue weighted by atomic mass is 9.93. The molecule has 1 fully saturated rings. The summed E-state index contributed by atoms with van der Waals surface area (Å²) in [5, 5.41) is -0.285. The SMILES string of the molecule is CP(C)(=O)C1(N)CCC1. The molecule has 0 radical (unpaired) electrons. The highest BCUT2D eigenvalue weighted by atomic mass is 31.2. The molecule has 0 aromatic heterocycles. The second-order valence-electron chi connectivity index (χ2n) is 3.31. The van der Waals surface area contributed by atoms with Gasteiger partial charge in [-0.25, -0.2) is 0 Å². The van der Waals surface area contributed by atoms with Gasteiger partial charge in [-0.15, -0.1) is 0 Å². The summed E-state index contributed by atoms with van der Waals surface area (Å²) >= 11 is 0. The summed E-state index contributed by atoms with van der Waals surface area (Å²) in [5.74, 6) is 0. The lowest BCUT2D eigenvalue weighted by Gasteiger charge is -2.41. The van der Waals surface area contributed by atoms with Gasteiger partial charge in [-0.05, 0) is 32.6 Å². The summed E-state index contributed by atoms with van der Waals surface area (Å²) in [5.41, 5.74) is 5.82. The molecule has 0 bridgehead atoms. The van der Waals surface area contributed by atoms with Crippen LogP contribution in [0.2, 0.25) is 0 Å². The molecule has 1 aliphatic rings. The molecule has 0 amide bonds. The van der Waals surface area contributed by atoms with Crippen molar-refractivity contribution in [1.82, 2.24) is 0 Å². The Balaban J connectivity index is 2.71. The topological polar surface area (TPSA) is 43.1 Å². The first-order valence-electron chi connectivity index (χ1n) is 3.30. The molecule has 0 heterocycles. The summed E-state index contributed by atoms with van der Waals surface area (Å²) < 4.78 is 11.4. The van der Waals surface area contributed by atoms with Crippen LogP contribution in [0, 0.1) is 0 Å². The van der Waals surface area contributed by atoms with Crippen LogP contribution in [0.15, 0.2) is 0 Å². The van der Waals surface area contributed by atoms with Gasteiger partial charge >= 0.3 is 0 Å². The van der Waals surface area contributed by atoms with Crippen LogP contribution in [0.5, 0.6) is 0 Å². The monoisotopic (exact) mass is 147 g/mol. The van der Waals surface area contributed by atoms with Crippen molar-refractivity contribution in [3.05, 3.63) is 0 Å². The third-order valence-corrected chi connectivity index (χ3v) is 4.88. The molecule has 0 aromatic carbocycles. The van der Waals surface area contributed by atoms with Crippen LogP contribution < -0.4 is 5.73 Å². The van der Waals surface area contributed by atoms with E-state index in [-0.39, 0.29) is 5.28 Å². The number of hydrogen-bond donors (Lipinski definition) is 1. The molecule has 2 nitrogen and oxygen atoms in total. The summed E-state index contributed by atoms with van der Waals surface area (Å²) in [6, 6.07) is 0. The maximum Gasteiger partial charge on any atom is 0.101 e. The van der Waals surface area contributed by atoms with Crippen LogP contribution in [0.1, 0.15) is 19.3 Å². The fourth-order valence-corrected chi connectivity index (χ4v) is 2.47. The molecule has 0 atom stereocenters. The van der Waals surface area contributed by atoms with Crippen LogP contribution in [0.4, 0.5) is 0 Å². The Morgan fingerprint density at radius 1 is 1.44 bits per heavy atom. The highest BCUT2D eigenvalue weighted by Gasteiger charge is 2.42. The van der Waals surface area contributed by atoms with E-state index < -0.39 is 7.14 Å². The van der Waals surface area contributed by atoms with Crippen LogP contribution in [-0.4, -0.2) is 18.6 Å². The second kappa shape index (κ2) is 1.83. The van der Waals surface area contributed by atoms with Gasteiger partial charge in [0, 0.05) is 0 Å². The van der Waals surface area contributed by atoms with E-state index >= 15 is 0 Å². The fraction of sp³-hybridized carbons (Fsp3) is 1.00. The zero-order valence-electron chi connectivity index (χ0n) is 6.05. The quantitative estimate of drug-likeness (QED) is 0.570. The third-order valence-electron chi connectivity index (χ3n) is 2.29. The van der Waals surface area contributed by atoms with Gasteiger partial charge in [0.2, 0.25) is 0 Å². The minimum Gasteiger partial charge on any atom is -0.322 e. The highest BCUT2D eigenvalue weighted by molar-refractivity contribution is 7.64. The van der Waals surface area contributed by atoms with Gasteiger partial charge in [0.05, 0.1) is 5.28 Å². The molecule has 1 rings (SSSR count). The van der Waals surface area contributed by atoms with E-state index in [0.717, 1.165) is 19.3 Å². The largest absolute Gasteiger partial charge is 0.322 e. The van der Waals surface area contributed by atoms with Crippen molar-refractivity contribution in [2.75, 3.05) is 13.3 Å². The minimum absolute atomic E-state index is 0.285.